The molecule has 1 N–H and O–H groups in total. The summed E-state index contributed by atoms with van der Waals surface area (Å²) in [6.07, 6.45) is 0. The SMILES string of the molecule is O=P1(c2ccccc2)c2ccccc2Oc2ccc(-c3cc(-c4nc5ccccc5n4-c4ccccc4)cc(-c4[nH]c5ccccc5[n+]4-c4ccccc4)c3)cc21. The van der Waals surface area contributed by atoms with Crippen LogP contribution >= 0.6 is 7.14 Å². The van der Waals surface area contributed by atoms with Gasteiger partial charge in [-0.3, -0.25) is 4.57 Å². The largest absolute Gasteiger partial charge is 0.456 e. The Labute approximate surface area is 329 Å². The number of hydrogen-bond acceptors (Lipinski definition) is 3. The number of benzene rings is 8. The van der Waals surface area contributed by atoms with Crippen LogP contribution in [0.25, 0.3) is 67.3 Å². The molecule has 0 fully saturated rings. The van der Waals surface area contributed by atoms with Crippen LogP contribution in [0, 0.1) is 0 Å². The Balaban J connectivity index is 1.19. The fourth-order valence-corrected chi connectivity index (χ4v) is 11.1. The molecule has 0 spiro atoms. The van der Waals surface area contributed by atoms with Gasteiger partial charge in [-0.05, 0) is 102 Å². The number of nitrogens with zero attached hydrogens (tertiary/aromatic N) is 3. The standard InChI is InChI=1S/C50H33N4O2P/c55-57(40-20-8-3-9-21-40)47-27-15-14-26-45(47)56-46-29-28-34(33-48(46)57)35-30-36(49-51-41-22-10-12-24-43(41)53(49)38-16-4-1-5-17-38)32-37(31-35)50-52-42-23-11-13-25-44(42)54(50)39-18-6-2-7-19-39/h1-33H/p+1. The highest BCUT2D eigenvalue weighted by atomic mass is 31.2. The summed E-state index contributed by atoms with van der Waals surface area (Å²) in [6, 6.07) is 67.7. The first-order chi connectivity index (χ1) is 28.1. The zero-order valence-electron chi connectivity index (χ0n) is 30.7. The van der Waals surface area contributed by atoms with Crippen LogP contribution < -0.4 is 25.2 Å². The van der Waals surface area contributed by atoms with Gasteiger partial charge in [-0.25, -0.2) is 9.97 Å². The van der Waals surface area contributed by atoms with E-state index in [1.807, 2.05) is 78.9 Å². The molecule has 8 aromatic carbocycles. The summed E-state index contributed by atoms with van der Waals surface area (Å²) in [6.45, 7) is 0. The number of aromatic amines is 1. The minimum Gasteiger partial charge on any atom is -0.456 e. The van der Waals surface area contributed by atoms with Crippen LogP contribution in [-0.2, 0) is 4.57 Å². The molecule has 6 nitrogen and oxygen atoms in total. The minimum atomic E-state index is -3.32. The van der Waals surface area contributed by atoms with E-state index < -0.39 is 7.14 Å². The Morgan fingerprint density at radius 3 is 2.04 bits per heavy atom. The first-order valence-electron chi connectivity index (χ1n) is 19.0. The molecule has 10 aromatic rings. The van der Waals surface area contributed by atoms with Crippen LogP contribution in [0.2, 0.25) is 0 Å². The van der Waals surface area contributed by atoms with Crippen LogP contribution in [0.4, 0.5) is 0 Å². The molecule has 3 heterocycles. The smallest absolute Gasteiger partial charge is 0.292 e. The minimum absolute atomic E-state index is 0.601. The van der Waals surface area contributed by atoms with E-state index in [1.165, 1.54) is 0 Å². The Morgan fingerprint density at radius 1 is 0.544 bits per heavy atom. The maximum Gasteiger partial charge on any atom is 0.292 e. The fraction of sp³-hybridized carbons (Fsp3) is 0. The predicted molar refractivity (Wildman–Crippen MR) is 230 cm³/mol. The van der Waals surface area contributed by atoms with Gasteiger partial charge in [0.15, 0.2) is 18.2 Å². The van der Waals surface area contributed by atoms with Crippen LogP contribution in [0.3, 0.4) is 0 Å². The summed E-state index contributed by atoms with van der Waals surface area (Å²) in [5.41, 5.74) is 9.85. The Bertz CT molecular complexity index is 3060. The molecule has 1 atom stereocenters. The lowest BCUT2D eigenvalue weighted by molar-refractivity contribution is -0.554. The molecule has 0 radical (unpaired) electrons. The number of rotatable bonds is 6. The number of hydrogen-bond donors (Lipinski definition) is 1. The van der Waals surface area contributed by atoms with E-state index >= 15 is 4.57 Å². The lowest BCUT2D eigenvalue weighted by Gasteiger charge is -2.29. The molecule has 7 heteroatoms. The van der Waals surface area contributed by atoms with Crippen molar-refractivity contribution < 1.29 is 13.9 Å². The van der Waals surface area contributed by atoms with Crippen molar-refractivity contribution in [3.63, 3.8) is 0 Å². The van der Waals surface area contributed by atoms with Gasteiger partial charge >= 0.3 is 0 Å². The van der Waals surface area contributed by atoms with E-state index in [4.69, 9.17) is 9.72 Å². The van der Waals surface area contributed by atoms with Crippen molar-refractivity contribution in [2.45, 2.75) is 0 Å². The summed E-state index contributed by atoms with van der Waals surface area (Å²) in [7, 11) is -3.32. The van der Waals surface area contributed by atoms with E-state index in [0.717, 1.165) is 72.6 Å². The van der Waals surface area contributed by atoms with E-state index in [9.17, 15) is 0 Å². The van der Waals surface area contributed by atoms with Crippen molar-refractivity contribution in [3.05, 3.63) is 200 Å². The molecule has 0 bridgehead atoms. The predicted octanol–water partition coefficient (Wildman–Crippen LogP) is 10.5. The van der Waals surface area contributed by atoms with Crippen molar-refractivity contribution in [2.75, 3.05) is 0 Å². The number of imidazole rings is 2. The summed E-state index contributed by atoms with van der Waals surface area (Å²) in [5.74, 6) is 2.97. The average Bonchev–Trinajstić information content (AvgIpc) is 3.87. The molecule has 0 saturated heterocycles. The summed E-state index contributed by atoms with van der Waals surface area (Å²) in [4.78, 5) is 9.07. The Hall–Kier alpha value is -7.27. The van der Waals surface area contributed by atoms with Crippen LogP contribution in [0.15, 0.2) is 200 Å². The second-order valence-corrected chi connectivity index (χ2v) is 17.0. The van der Waals surface area contributed by atoms with Gasteiger partial charge in [0.2, 0.25) is 0 Å². The molecule has 1 aliphatic heterocycles. The number of fused-ring (bicyclic) bond motifs is 4. The number of ether oxygens (including phenoxy) is 1. The maximum absolute atomic E-state index is 15.7. The quantitative estimate of drug-likeness (QED) is 0.136. The average molecular weight is 754 g/mol. The Morgan fingerprint density at radius 2 is 1.19 bits per heavy atom. The zero-order valence-corrected chi connectivity index (χ0v) is 31.6. The van der Waals surface area contributed by atoms with Gasteiger partial charge in [-0.1, -0.05) is 109 Å². The zero-order chi connectivity index (χ0) is 37.9. The molecule has 1 unspecified atom stereocenters. The molecule has 0 amide bonds. The van der Waals surface area contributed by atoms with Crippen LogP contribution in [-0.4, -0.2) is 14.5 Å². The number of para-hydroxylation sites is 7. The van der Waals surface area contributed by atoms with E-state index in [0.29, 0.717) is 22.1 Å². The third-order valence-electron chi connectivity index (χ3n) is 10.9. The number of H-pyrrole nitrogens is 1. The van der Waals surface area contributed by atoms with Gasteiger partial charge in [-0.2, -0.15) is 4.57 Å². The highest BCUT2D eigenvalue weighted by molar-refractivity contribution is 7.85. The number of aromatic nitrogens is 4. The molecule has 1 aliphatic rings. The summed E-state index contributed by atoms with van der Waals surface area (Å²) in [5, 5.41) is 2.15. The lowest BCUT2D eigenvalue weighted by Crippen LogP contribution is -2.31. The van der Waals surface area contributed by atoms with Gasteiger partial charge in [0.1, 0.15) is 23.0 Å². The number of nitrogens with one attached hydrogen (secondary N) is 1. The lowest BCUT2D eigenvalue weighted by atomic mass is 9.98. The first-order valence-corrected chi connectivity index (χ1v) is 20.7. The van der Waals surface area contributed by atoms with Gasteiger partial charge in [0.05, 0.1) is 27.2 Å². The molecule has 11 rings (SSSR count). The van der Waals surface area contributed by atoms with Gasteiger partial charge in [0.25, 0.3) is 5.82 Å². The molecule has 2 aromatic heterocycles. The molecular weight excluding hydrogens is 720 g/mol. The topological polar surface area (TPSA) is 63.8 Å². The first kappa shape index (κ1) is 33.1. The molecule has 270 valence electrons. The van der Waals surface area contributed by atoms with Crippen molar-refractivity contribution in [1.82, 2.24) is 14.5 Å². The fourth-order valence-electron chi connectivity index (χ4n) is 8.24. The highest BCUT2D eigenvalue weighted by Gasteiger charge is 2.39. The summed E-state index contributed by atoms with van der Waals surface area (Å²) >= 11 is 0. The third kappa shape index (κ3) is 5.37. The molecule has 0 saturated carbocycles. The van der Waals surface area contributed by atoms with Crippen molar-refractivity contribution in [1.29, 1.82) is 0 Å². The van der Waals surface area contributed by atoms with Crippen molar-refractivity contribution in [3.8, 4) is 56.8 Å². The summed E-state index contributed by atoms with van der Waals surface area (Å²) < 4.78 is 26.7. The van der Waals surface area contributed by atoms with Gasteiger partial charge in [0, 0.05) is 16.6 Å². The van der Waals surface area contributed by atoms with E-state index in [-0.39, 0.29) is 0 Å². The van der Waals surface area contributed by atoms with Crippen molar-refractivity contribution in [2.24, 2.45) is 0 Å². The maximum atomic E-state index is 15.7. The third-order valence-corrected chi connectivity index (χ3v) is 14.0. The van der Waals surface area contributed by atoms with Gasteiger partial charge < -0.3 is 9.30 Å². The van der Waals surface area contributed by atoms with E-state index in [2.05, 4.69) is 135 Å². The highest BCUT2D eigenvalue weighted by Crippen LogP contribution is 2.52. The molecule has 0 aliphatic carbocycles. The second kappa shape index (κ2) is 13.2. The second-order valence-electron chi connectivity index (χ2n) is 14.3. The van der Waals surface area contributed by atoms with Crippen LogP contribution in [0.5, 0.6) is 11.5 Å². The van der Waals surface area contributed by atoms with Crippen molar-refractivity contribution >= 4 is 45.1 Å². The van der Waals surface area contributed by atoms with E-state index in [1.54, 1.807) is 0 Å². The molecule has 57 heavy (non-hydrogen) atoms. The molecular formula is C50H34N4O2P+. The van der Waals surface area contributed by atoms with Crippen LogP contribution in [0.1, 0.15) is 0 Å². The Kier molecular flexibility index (Phi) is 7.66. The van der Waals surface area contributed by atoms with Gasteiger partial charge in [-0.15, -0.1) is 0 Å². The monoisotopic (exact) mass is 753 g/mol. The normalized spacial score (nSPS) is 14.6.